The van der Waals surface area contributed by atoms with Crippen molar-refractivity contribution in [2.24, 2.45) is 0 Å². The van der Waals surface area contributed by atoms with E-state index in [2.05, 4.69) is 14.5 Å². The molecule has 5 nitrogen and oxygen atoms in total. The second-order valence-corrected chi connectivity index (χ2v) is 3.52. The van der Waals surface area contributed by atoms with Gasteiger partial charge in [-0.05, 0) is 0 Å². The Balaban J connectivity index is 3.31. The van der Waals surface area contributed by atoms with Crippen molar-refractivity contribution in [2.45, 2.75) is 19.5 Å². The molecule has 1 heterocycles. The molecule has 1 aromatic rings. The zero-order valence-electron chi connectivity index (χ0n) is 10.6. The van der Waals surface area contributed by atoms with Gasteiger partial charge in [0.15, 0.2) is 5.75 Å². The Morgan fingerprint density at radius 3 is 2.45 bits per heavy atom. The van der Waals surface area contributed by atoms with Crippen molar-refractivity contribution in [3.8, 4) is 11.5 Å². The fourth-order valence-electron chi connectivity index (χ4n) is 1.43. The molecule has 0 unspecified atom stereocenters. The maximum atomic E-state index is 12.9. The van der Waals surface area contributed by atoms with Crippen molar-refractivity contribution in [2.75, 3.05) is 14.2 Å². The van der Waals surface area contributed by atoms with Crippen LogP contribution in [0.2, 0.25) is 0 Å². The van der Waals surface area contributed by atoms with Crippen LogP contribution < -0.4 is 9.47 Å². The molecule has 0 radical (unpaired) electrons. The van der Waals surface area contributed by atoms with Crippen LogP contribution in [0.5, 0.6) is 11.5 Å². The molecule has 9 heteroatoms. The van der Waals surface area contributed by atoms with Crippen LogP contribution in [-0.4, -0.2) is 31.5 Å². The van der Waals surface area contributed by atoms with Gasteiger partial charge in [-0.3, -0.25) is 9.78 Å². The summed E-state index contributed by atoms with van der Waals surface area (Å²) in [6, 6.07) is 0. The highest BCUT2D eigenvalue weighted by atomic mass is 19.4. The number of pyridine rings is 1. The van der Waals surface area contributed by atoms with E-state index in [0.717, 1.165) is 20.4 Å². The number of rotatable bonds is 5. The van der Waals surface area contributed by atoms with Gasteiger partial charge in [-0.2, -0.15) is 0 Å². The molecule has 0 saturated heterocycles. The Kier molecular flexibility index (Phi) is 5.12. The first-order valence-electron chi connectivity index (χ1n) is 5.25. The zero-order chi connectivity index (χ0) is 15.3. The fourth-order valence-corrected chi connectivity index (χ4v) is 1.43. The normalized spacial score (nSPS) is 11.1. The minimum Gasteiger partial charge on any atom is -0.495 e. The molecule has 0 N–H and O–H groups in total. The monoisotopic (exact) mass is 297 g/mol. The number of carbonyl (C=O) groups excluding carboxylic acids is 1. The van der Waals surface area contributed by atoms with Crippen LogP contribution >= 0.6 is 0 Å². The quantitative estimate of drug-likeness (QED) is 0.616. The summed E-state index contributed by atoms with van der Waals surface area (Å²) >= 11 is 0. The van der Waals surface area contributed by atoms with Gasteiger partial charge in [0, 0.05) is 0 Å². The van der Waals surface area contributed by atoms with Gasteiger partial charge in [0.25, 0.3) is 0 Å². The van der Waals surface area contributed by atoms with Gasteiger partial charge in [-0.1, -0.05) is 0 Å². The van der Waals surface area contributed by atoms with Gasteiger partial charge in [-0.25, -0.2) is 4.39 Å². The summed E-state index contributed by atoms with van der Waals surface area (Å²) < 4.78 is 62.8. The molecule has 0 spiro atoms. The lowest BCUT2D eigenvalue weighted by atomic mass is 10.1. The maximum absolute atomic E-state index is 12.9. The summed E-state index contributed by atoms with van der Waals surface area (Å²) in [4.78, 5) is 14.7. The molecule has 0 aliphatic carbocycles. The zero-order valence-corrected chi connectivity index (χ0v) is 10.6. The number of aromatic nitrogens is 1. The molecular weight excluding hydrogens is 286 g/mol. The summed E-state index contributed by atoms with van der Waals surface area (Å²) in [7, 11) is 2.21. The Bertz CT molecular complexity index is 490. The van der Waals surface area contributed by atoms with E-state index in [1.54, 1.807) is 0 Å². The molecule has 0 amide bonds. The predicted octanol–water partition coefficient (Wildman–Crippen LogP) is 2.17. The van der Waals surface area contributed by atoms with E-state index in [0.29, 0.717) is 0 Å². The van der Waals surface area contributed by atoms with Crippen molar-refractivity contribution < 1.29 is 36.6 Å². The molecular formula is C11H11F4NO4. The third-order valence-electron chi connectivity index (χ3n) is 2.28. The highest BCUT2D eigenvalue weighted by Gasteiger charge is 2.35. The molecule has 20 heavy (non-hydrogen) atoms. The second kappa shape index (κ2) is 6.40. The first kappa shape index (κ1) is 16.0. The number of ether oxygens (including phenoxy) is 3. The van der Waals surface area contributed by atoms with Crippen LogP contribution in [-0.2, 0) is 22.6 Å². The lowest BCUT2D eigenvalue weighted by Gasteiger charge is -2.16. The maximum Gasteiger partial charge on any atom is 0.573 e. The topological polar surface area (TPSA) is 57.7 Å². The number of alkyl halides is 4. The number of carbonyl (C=O) groups is 1. The SMILES string of the molecule is COC(=O)Cc1ncc(OC)c(CF)c1OC(F)(F)F. The van der Waals surface area contributed by atoms with E-state index in [-0.39, 0.29) is 11.4 Å². The fraction of sp³-hybridized carbons (Fsp3) is 0.455. The van der Waals surface area contributed by atoms with Crippen LogP contribution in [0.25, 0.3) is 0 Å². The lowest BCUT2D eigenvalue weighted by Crippen LogP contribution is -2.21. The van der Waals surface area contributed by atoms with Crippen molar-refractivity contribution in [3.05, 3.63) is 17.5 Å². The van der Waals surface area contributed by atoms with Gasteiger partial charge in [0.2, 0.25) is 0 Å². The first-order chi connectivity index (χ1) is 9.32. The van der Waals surface area contributed by atoms with Crippen LogP contribution in [0.4, 0.5) is 17.6 Å². The first-order valence-corrected chi connectivity index (χ1v) is 5.25. The van der Waals surface area contributed by atoms with Crippen LogP contribution in [0, 0.1) is 0 Å². The van der Waals surface area contributed by atoms with E-state index < -0.39 is 36.7 Å². The third-order valence-corrected chi connectivity index (χ3v) is 2.28. The number of nitrogens with zero attached hydrogens (tertiary/aromatic N) is 1. The van der Waals surface area contributed by atoms with Gasteiger partial charge in [-0.15, -0.1) is 13.2 Å². The average Bonchev–Trinajstić information content (AvgIpc) is 2.38. The van der Waals surface area contributed by atoms with E-state index in [1.807, 2.05) is 0 Å². The summed E-state index contributed by atoms with van der Waals surface area (Å²) in [6.45, 7) is -1.27. The summed E-state index contributed by atoms with van der Waals surface area (Å²) in [5.41, 5.74) is -0.860. The Morgan fingerprint density at radius 1 is 1.35 bits per heavy atom. The van der Waals surface area contributed by atoms with Crippen molar-refractivity contribution >= 4 is 5.97 Å². The summed E-state index contributed by atoms with van der Waals surface area (Å²) in [5, 5.41) is 0. The predicted molar refractivity (Wildman–Crippen MR) is 58.0 cm³/mol. The summed E-state index contributed by atoms with van der Waals surface area (Å²) in [6.07, 6.45) is -4.63. The number of halogens is 4. The standard InChI is InChI=1S/C11H11F4NO4/c1-18-8-5-16-7(3-9(17)19-2)10(6(8)4-12)20-11(13,14)15/h5H,3-4H2,1-2H3. The molecule has 0 bridgehead atoms. The van der Waals surface area contributed by atoms with E-state index in [9.17, 15) is 22.4 Å². The van der Waals surface area contributed by atoms with E-state index >= 15 is 0 Å². The average molecular weight is 297 g/mol. The minimum absolute atomic E-state index is 0.208. The number of esters is 1. The largest absolute Gasteiger partial charge is 0.573 e. The van der Waals surface area contributed by atoms with Gasteiger partial charge >= 0.3 is 12.3 Å². The molecule has 1 aromatic heterocycles. The molecule has 0 aliphatic rings. The number of hydrogen-bond donors (Lipinski definition) is 0. The number of methoxy groups -OCH3 is 2. The van der Waals surface area contributed by atoms with Crippen LogP contribution in [0.15, 0.2) is 6.20 Å². The van der Waals surface area contributed by atoms with Crippen molar-refractivity contribution in [1.82, 2.24) is 4.98 Å². The molecule has 0 fully saturated rings. The van der Waals surface area contributed by atoms with Crippen LogP contribution in [0.1, 0.15) is 11.3 Å². The molecule has 0 atom stereocenters. The Labute approximate surface area is 111 Å². The molecule has 112 valence electrons. The van der Waals surface area contributed by atoms with Gasteiger partial charge in [0.05, 0.1) is 38.1 Å². The second-order valence-electron chi connectivity index (χ2n) is 3.52. The highest BCUT2D eigenvalue weighted by Crippen LogP contribution is 2.35. The van der Waals surface area contributed by atoms with Crippen molar-refractivity contribution in [3.63, 3.8) is 0 Å². The number of hydrogen-bond acceptors (Lipinski definition) is 5. The third kappa shape index (κ3) is 3.97. The Hall–Kier alpha value is -2.06. The smallest absolute Gasteiger partial charge is 0.495 e. The highest BCUT2D eigenvalue weighted by molar-refractivity contribution is 5.73. The van der Waals surface area contributed by atoms with Crippen molar-refractivity contribution in [1.29, 1.82) is 0 Å². The minimum atomic E-state index is -5.05. The molecule has 1 rings (SSSR count). The van der Waals surface area contributed by atoms with Gasteiger partial charge in [0.1, 0.15) is 12.4 Å². The van der Waals surface area contributed by atoms with Crippen LogP contribution in [0.3, 0.4) is 0 Å². The molecule has 0 saturated carbocycles. The Morgan fingerprint density at radius 2 is 2.00 bits per heavy atom. The lowest BCUT2D eigenvalue weighted by molar-refractivity contribution is -0.275. The summed E-state index contributed by atoms with van der Waals surface area (Å²) in [5.74, 6) is -1.93. The van der Waals surface area contributed by atoms with E-state index in [4.69, 9.17) is 4.74 Å². The molecule has 0 aliphatic heterocycles. The van der Waals surface area contributed by atoms with Gasteiger partial charge < -0.3 is 14.2 Å². The van der Waals surface area contributed by atoms with E-state index in [1.165, 1.54) is 0 Å². The molecule has 0 aromatic carbocycles.